The molecule has 2 atom stereocenters. The summed E-state index contributed by atoms with van der Waals surface area (Å²) in [6, 6.07) is 9.26. The van der Waals surface area contributed by atoms with Crippen LogP contribution in [0.2, 0.25) is 0 Å². The molecule has 2 unspecified atom stereocenters. The van der Waals surface area contributed by atoms with Crippen LogP contribution in [0.15, 0.2) is 24.3 Å². The van der Waals surface area contributed by atoms with Crippen LogP contribution in [-0.2, 0) is 6.42 Å². The predicted molar refractivity (Wildman–Crippen MR) is 83.8 cm³/mol. The predicted octanol–water partition coefficient (Wildman–Crippen LogP) is 4.36. The van der Waals surface area contributed by atoms with E-state index in [0.29, 0.717) is 5.92 Å². The summed E-state index contributed by atoms with van der Waals surface area (Å²) in [6.45, 7) is 6.73. The molecular formula is C17H30N2. The Labute approximate surface area is 118 Å². The van der Waals surface area contributed by atoms with Gasteiger partial charge in [0.2, 0.25) is 0 Å². The van der Waals surface area contributed by atoms with Crippen molar-refractivity contribution in [3.63, 3.8) is 0 Å². The Hall–Kier alpha value is -0.860. The minimum absolute atomic E-state index is 0.284. The summed E-state index contributed by atoms with van der Waals surface area (Å²) < 4.78 is 0. The zero-order valence-electron chi connectivity index (χ0n) is 12.8. The van der Waals surface area contributed by atoms with Crippen molar-refractivity contribution in [3.05, 3.63) is 35.4 Å². The topological polar surface area (TPSA) is 38.0 Å². The van der Waals surface area contributed by atoms with E-state index in [1.807, 2.05) is 0 Å². The quantitative estimate of drug-likeness (QED) is 0.512. The van der Waals surface area contributed by atoms with Gasteiger partial charge >= 0.3 is 0 Å². The van der Waals surface area contributed by atoms with E-state index >= 15 is 0 Å². The van der Waals surface area contributed by atoms with Crippen LogP contribution in [0.1, 0.15) is 70.0 Å². The first-order valence-electron chi connectivity index (χ1n) is 7.81. The molecule has 1 rings (SSSR count). The van der Waals surface area contributed by atoms with Gasteiger partial charge in [0.05, 0.1) is 0 Å². The molecule has 19 heavy (non-hydrogen) atoms. The molecule has 0 aliphatic heterocycles. The molecule has 0 fully saturated rings. The molecule has 1 aromatic carbocycles. The first-order chi connectivity index (χ1) is 9.26. The van der Waals surface area contributed by atoms with Crippen LogP contribution in [0.25, 0.3) is 0 Å². The minimum atomic E-state index is 0.284. The highest BCUT2D eigenvalue weighted by Crippen LogP contribution is 2.28. The summed E-state index contributed by atoms with van der Waals surface area (Å²) in [5, 5.41) is 0. The van der Waals surface area contributed by atoms with E-state index in [-0.39, 0.29) is 6.04 Å². The molecule has 0 spiro atoms. The van der Waals surface area contributed by atoms with Gasteiger partial charge in [-0.05, 0) is 29.9 Å². The second-order valence-corrected chi connectivity index (χ2v) is 5.45. The van der Waals surface area contributed by atoms with Gasteiger partial charge in [-0.3, -0.25) is 11.3 Å². The number of hydrogen-bond acceptors (Lipinski definition) is 2. The molecule has 0 amide bonds. The fourth-order valence-electron chi connectivity index (χ4n) is 2.76. The first kappa shape index (κ1) is 16.2. The molecule has 3 N–H and O–H groups in total. The van der Waals surface area contributed by atoms with Crippen LogP contribution in [0.5, 0.6) is 0 Å². The van der Waals surface area contributed by atoms with E-state index in [1.54, 1.807) is 0 Å². The molecule has 0 saturated heterocycles. The SMILES string of the molecule is CCCCC(CC)C(NN)c1ccc(CCC)cc1. The number of benzene rings is 1. The average molecular weight is 262 g/mol. The highest BCUT2D eigenvalue weighted by molar-refractivity contribution is 5.25. The second-order valence-electron chi connectivity index (χ2n) is 5.45. The third kappa shape index (κ3) is 4.96. The lowest BCUT2D eigenvalue weighted by Gasteiger charge is -2.26. The van der Waals surface area contributed by atoms with Gasteiger partial charge in [0.15, 0.2) is 0 Å². The molecule has 0 aliphatic rings. The Morgan fingerprint density at radius 2 is 1.74 bits per heavy atom. The Morgan fingerprint density at radius 3 is 2.21 bits per heavy atom. The molecule has 0 bridgehead atoms. The van der Waals surface area contributed by atoms with Crippen molar-refractivity contribution in [1.82, 2.24) is 5.43 Å². The van der Waals surface area contributed by atoms with E-state index in [2.05, 4.69) is 50.5 Å². The first-order valence-corrected chi connectivity index (χ1v) is 7.81. The number of rotatable bonds is 9. The maximum Gasteiger partial charge on any atom is 0.0488 e. The summed E-state index contributed by atoms with van der Waals surface area (Å²) in [5.41, 5.74) is 5.77. The molecule has 2 heteroatoms. The molecule has 108 valence electrons. The second kappa shape index (κ2) is 9.11. The maximum atomic E-state index is 5.80. The van der Waals surface area contributed by atoms with Crippen LogP contribution in [0.3, 0.4) is 0 Å². The molecular weight excluding hydrogens is 232 g/mol. The number of nitrogens with two attached hydrogens (primary N) is 1. The van der Waals surface area contributed by atoms with Gasteiger partial charge in [-0.25, -0.2) is 0 Å². The van der Waals surface area contributed by atoms with Crippen molar-refractivity contribution >= 4 is 0 Å². The van der Waals surface area contributed by atoms with Gasteiger partial charge in [0.25, 0.3) is 0 Å². The Balaban J connectivity index is 2.76. The highest BCUT2D eigenvalue weighted by Gasteiger charge is 2.19. The third-order valence-corrected chi connectivity index (χ3v) is 3.98. The summed E-state index contributed by atoms with van der Waals surface area (Å²) in [5.74, 6) is 6.43. The van der Waals surface area contributed by atoms with Gasteiger partial charge in [-0.1, -0.05) is 70.7 Å². The van der Waals surface area contributed by atoms with Crippen molar-refractivity contribution < 1.29 is 0 Å². The molecule has 0 aliphatic carbocycles. The zero-order chi connectivity index (χ0) is 14.1. The fourth-order valence-corrected chi connectivity index (χ4v) is 2.76. The number of hydrazine groups is 1. The normalized spacial score (nSPS) is 14.3. The number of hydrogen-bond donors (Lipinski definition) is 2. The van der Waals surface area contributed by atoms with Crippen LogP contribution in [0, 0.1) is 5.92 Å². The van der Waals surface area contributed by atoms with E-state index in [1.165, 1.54) is 43.2 Å². The molecule has 2 nitrogen and oxygen atoms in total. The Kier molecular flexibility index (Phi) is 7.76. The van der Waals surface area contributed by atoms with Crippen LogP contribution in [0.4, 0.5) is 0 Å². The fraction of sp³-hybridized carbons (Fsp3) is 0.647. The lowest BCUT2D eigenvalue weighted by atomic mass is 9.87. The number of unbranched alkanes of at least 4 members (excludes halogenated alkanes) is 1. The van der Waals surface area contributed by atoms with E-state index < -0.39 is 0 Å². The lowest BCUT2D eigenvalue weighted by Crippen LogP contribution is -2.33. The monoisotopic (exact) mass is 262 g/mol. The Morgan fingerprint density at radius 1 is 1.05 bits per heavy atom. The zero-order valence-corrected chi connectivity index (χ0v) is 12.8. The standard InChI is InChI=1S/C17H30N2/c1-4-7-9-15(6-3)17(19-18)16-12-10-14(8-5-2)11-13-16/h10-13,15,17,19H,4-9,18H2,1-3H3. The smallest absolute Gasteiger partial charge is 0.0488 e. The van der Waals surface area contributed by atoms with Crippen LogP contribution >= 0.6 is 0 Å². The van der Waals surface area contributed by atoms with Crippen molar-refractivity contribution in [1.29, 1.82) is 0 Å². The summed E-state index contributed by atoms with van der Waals surface area (Å²) in [4.78, 5) is 0. The molecule has 0 heterocycles. The Bertz CT molecular complexity index is 332. The summed E-state index contributed by atoms with van der Waals surface area (Å²) >= 11 is 0. The van der Waals surface area contributed by atoms with E-state index in [9.17, 15) is 0 Å². The molecule has 0 aromatic heterocycles. The molecule has 0 saturated carbocycles. The summed E-state index contributed by atoms with van der Waals surface area (Å²) in [7, 11) is 0. The van der Waals surface area contributed by atoms with Gasteiger partial charge in [-0.15, -0.1) is 0 Å². The van der Waals surface area contributed by atoms with Gasteiger partial charge in [-0.2, -0.15) is 0 Å². The van der Waals surface area contributed by atoms with E-state index in [4.69, 9.17) is 5.84 Å². The molecule has 0 radical (unpaired) electrons. The van der Waals surface area contributed by atoms with Crippen molar-refractivity contribution in [2.75, 3.05) is 0 Å². The highest BCUT2D eigenvalue weighted by atomic mass is 15.2. The van der Waals surface area contributed by atoms with Crippen molar-refractivity contribution in [2.45, 2.75) is 65.3 Å². The van der Waals surface area contributed by atoms with Crippen LogP contribution < -0.4 is 11.3 Å². The maximum absolute atomic E-state index is 5.80. The van der Waals surface area contributed by atoms with Crippen molar-refractivity contribution in [3.8, 4) is 0 Å². The number of aryl methyl sites for hydroxylation is 1. The average Bonchev–Trinajstić information content (AvgIpc) is 2.45. The molecule has 1 aromatic rings. The van der Waals surface area contributed by atoms with Gasteiger partial charge in [0.1, 0.15) is 0 Å². The van der Waals surface area contributed by atoms with Crippen molar-refractivity contribution in [2.24, 2.45) is 11.8 Å². The van der Waals surface area contributed by atoms with Gasteiger partial charge in [0, 0.05) is 6.04 Å². The summed E-state index contributed by atoms with van der Waals surface area (Å²) in [6.07, 6.45) is 7.32. The minimum Gasteiger partial charge on any atom is -0.271 e. The largest absolute Gasteiger partial charge is 0.271 e. The van der Waals surface area contributed by atoms with Crippen LogP contribution in [-0.4, -0.2) is 0 Å². The lowest BCUT2D eigenvalue weighted by molar-refractivity contribution is 0.327. The number of nitrogens with one attached hydrogen (secondary N) is 1. The van der Waals surface area contributed by atoms with Gasteiger partial charge < -0.3 is 0 Å². The van der Waals surface area contributed by atoms with E-state index in [0.717, 1.165) is 6.42 Å². The third-order valence-electron chi connectivity index (χ3n) is 3.98.